The third-order valence-electron chi connectivity index (χ3n) is 6.45. The van der Waals surface area contributed by atoms with E-state index >= 15 is 4.39 Å². The van der Waals surface area contributed by atoms with Crippen LogP contribution in [0.4, 0.5) is 20.3 Å². The summed E-state index contributed by atoms with van der Waals surface area (Å²) in [5.41, 5.74) is 0.812. The first-order valence-corrected chi connectivity index (χ1v) is 13.2. The normalized spacial score (nSPS) is 12.9. The highest BCUT2D eigenvalue weighted by molar-refractivity contribution is 5.93. The topological polar surface area (TPSA) is 150 Å². The lowest BCUT2D eigenvalue weighted by Crippen LogP contribution is -2.30. The van der Waals surface area contributed by atoms with Gasteiger partial charge < -0.3 is 25.6 Å². The maximum Gasteiger partial charge on any atom is 0.279 e. The third kappa shape index (κ3) is 5.92. The number of hydrogen-bond donors (Lipinski definition) is 5. The number of aromatic nitrogens is 5. The van der Waals surface area contributed by atoms with Crippen LogP contribution < -0.4 is 20.9 Å². The molecule has 5 N–H and O–H groups in total. The molecule has 11 nitrogen and oxygen atoms in total. The molecule has 2 atom stereocenters. The molecular weight excluding hydrogens is 548 g/mol. The summed E-state index contributed by atoms with van der Waals surface area (Å²) in [5, 5.41) is 37.9. The van der Waals surface area contributed by atoms with Gasteiger partial charge in [0.15, 0.2) is 29.3 Å². The Bertz CT molecular complexity index is 1770. The lowest BCUT2D eigenvalue weighted by molar-refractivity contribution is 0.205. The average molecular weight is 578 g/mol. The summed E-state index contributed by atoms with van der Waals surface area (Å²) in [6.07, 6.45) is -0.0261. The molecule has 2 aromatic carbocycles. The molecule has 42 heavy (non-hydrogen) atoms. The zero-order valence-electron chi connectivity index (χ0n) is 23.0. The van der Waals surface area contributed by atoms with Crippen molar-refractivity contribution in [1.29, 1.82) is 0 Å². The predicted molar refractivity (Wildman–Crippen MR) is 153 cm³/mol. The highest BCUT2D eigenvalue weighted by Gasteiger charge is 2.20. The van der Waals surface area contributed by atoms with E-state index in [9.17, 15) is 19.4 Å². The van der Waals surface area contributed by atoms with Gasteiger partial charge in [0.05, 0.1) is 23.6 Å². The first-order chi connectivity index (χ1) is 20.1. The Morgan fingerprint density at radius 1 is 1.02 bits per heavy atom. The third-order valence-corrected chi connectivity index (χ3v) is 6.45. The molecular formula is C29H29F2N7O4. The minimum Gasteiger partial charge on any atom is -0.453 e. The van der Waals surface area contributed by atoms with Crippen molar-refractivity contribution in [1.82, 2.24) is 25.0 Å². The van der Waals surface area contributed by atoms with E-state index in [1.807, 2.05) is 13.8 Å². The Kier molecular flexibility index (Phi) is 8.13. The van der Waals surface area contributed by atoms with Gasteiger partial charge in [0, 0.05) is 30.1 Å². The molecule has 1 unspecified atom stereocenters. The SMILES string of the molecule is CC(C)c1cc(C(O)Nc2ccc(Oc3ccnc4[nH]nc(N[C@H](C)CO)c34)c(F)c2)c(=O)n(-c2ccc(F)cc2)n1. The van der Waals surface area contributed by atoms with Gasteiger partial charge in [-0.2, -0.15) is 14.9 Å². The molecule has 0 aliphatic rings. The predicted octanol–water partition coefficient (Wildman–Crippen LogP) is 4.59. The molecule has 5 aromatic rings. The monoisotopic (exact) mass is 577 g/mol. The number of halogens is 2. The molecule has 0 aliphatic carbocycles. The van der Waals surface area contributed by atoms with Crippen molar-refractivity contribution in [3.8, 4) is 17.2 Å². The second-order valence-electron chi connectivity index (χ2n) is 10.00. The number of H-pyrrole nitrogens is 1. The summed E-state index contributed by atoms with van der Waals surface area (Å²) >= 11 is 0. The molecule has 0 aliphatic heterocycles. The number of fused-ring (bicyclic) bond motifs is 1. The Hall–Kier alpha value is -4.88. The fourth-order valence-corrected chi connectivity index (χ4v) is 4.19. The Morgan fingerprint density at radius 2 is 1.79 bits per heavy atom. The highest BCUT2D eigenvalue weighted by atomic mass is 19.1. The molecule has 0 radical (unpaired) electrons. The van der Waals surface area contributed by atoms with Crippen molar-refractivity contribution in [2.45, 2.75) is 39.0 Å². The van der Waals surface area contributed by atoms with Gasteiger partial charge in [-0.15, -0.1) is 0 Å². The number of aliphatic hydroxyl groups excluding tert-OH is 2. The maximum absolute atomic E-state index is 15.2. The molecule has 3 heterocycles. The number of benzene rings is 2. The lowest BCUT2D eigenvalue weighted by atomic mass is 10.1. The van der Waals surface area contributed by atoms with Gasteiger partial charge in [-0.1, -0.05) is 13.8 Å². The number of anilines is 2. The highest BCUT2D eigenvalue weighted by Crippen LogP contribution is 2.35. The first kappa shape index (κ1) is 28.6. The molecule has 13 heteroatoms. The van der Waals surface area contributed by atoms with Gasteiger partial charge in [0.1, 0.15) is 17.0 Å². The molecule has 0 spiro atoms. The van der Waals surface area contributed by atoms with E-state index in [2.05, 4.69) is 30.9 Å². The van der Waals surface area contributed by atoms with Gasteiger partial charge in [-0.05, 0) is 55.3 Å². The summed E-state index contributed by atoms with van der Waals surface area (Å²) in [6, 6.07) is 12.0. The Labute approximate surface area is 238 Å². The number of rotatable bonds is 10. The quantitative estimate of drug-likeness (QED) is 0.150. The van der Waals surface area contributed by atoms with Crippen molar-refractivity contribution in [3.63, 3.8) is 0 Å². The molecule has 0 amide bonds. The number of aliphatic hydroxyl groups is 2. The molecule has 0 saturated heterocycles. The van der Waals surface area contributed by atoms with Crippen LogP contribution in [0.1, 0.15) is 44.2 Å². The standard InChI is InChI=1S/C29H29F2N7O4/c1-15(2)22-13-20(29(41)38(37-22)19-7-4-17(30)5-8-19)28(40)34-18-6-9-23(21(31)12-18)42-24-10-11-32-26-25(24)27(36-35-26)33-16(3)14-39/h4-13,15-16,28,34,39-40H,14H2,1-3H3,(H2,32,33,35,36)/t16-,28?/m1/s1. The second kappa shape index (κ2) is 11.9. The number of ether oxygens (including phenoxy) is 1. The smallest absolute Gasteiger partial charge is 0.279 e. The van der Waals surface area contributed by atoms with E-state index < -0.39 is 23.4 Å². The van der Waals surface area contributed by atoms with Crippen LogP contribution in [0.2, 0.25) is 0 Å². The van der Waals surface area contributed by atoms with Crippen molar-refractivity contribution in [2.75, 3.05) is 17.2 Å². The van der Waals surface area contributed by atoms with Crippen LogP contribution >= 0.6 is 0 Å². The molecule has 3 aromatic heterocycles. The summed E-state index contributed by atoms with van der Waals surface area (Å²) < 4.78 is 35.6. The summed E-state index contributed by atoms with van der Waals surface area (Å²) in [5.74, 6) is -0.722. The average Bonchev–Trinajstić information content (AvgIpc) is 3.38. The number of pyridine rings is 1. The van der Waals surface area contributed by atoms with Crippen LogP contribution in [0.15, 0.2) is 65.6 Å². The molecule has 0 saturated carbocycles. The number of nitrogens with one attached hydrogen (secondary N) is 3. The van der Waals surface area contributed by atoms with E-state index in [4.69, 9.17) is 4.74 Å². The van der Waals surface area contributed by atoms with Crippen molar-refractivity contribution in [3.05, 3.63) is 94.0 Å². The van der Waals surface area contributed by atoms with Crippen LogP contribution in [0.3, 0.4) is 0 Å². The van der Waals surface area contributed by atoms with Crippen molar-refractivity contribution < 1.29 is 23.7 Å². The molecule has 0 bridgehead atoms. The number of nitrogens with zero attached hydrogens (tertiary/aromatic N) is 4. The van der Waals surface area contributed by atoms with Gasteiger partial charge in [0.25, 0.3) is 5.56 Å². The van der Waals surface area contributed by atoms with E-state index in [1.54, 1.807) is 13.0 Å². The molecule has 218 valence electrons. The largest absolute Gasteiger partial charge is 0.453 e. The Balaban J connectivity index is 1.41. The van der Waals surface area contributed by atoms with E-state index in [1.165, 1.54) is 48.7 Å². The van der Waals surface area contributed by atoms with Gasteiger partial charge in [-0.25, -0.2) is 13.8 Å². The van der Waals surface area contributed by atoms with Gasteiger partial charge in [-0.3, -0.25) is 9.89 Å². The minimum absolute atomic E-state index is 0.0185. The zero-order chi connectivity index (χ0) is 30.0. The first-order valence-electron chi connectivity index (χ1n) is 13.2. The number of hydrogen-bond acceptors (Lipinski definition) is 9. The van der Waals surface area contributed by atoms with Gasteiger partial charge >= 0.3 is 0 Å². The lowest BCUT2D eigenvalue weighted by Gasteiger charge is -2.18. The van der Waals surface area contributed by atoms with Crippen LogP contribution in [0, 0.1) is 11.6 Å². The zero-order valence-corrected chi connectivity index (χ0v) is 23.0. The fourth-order valence-electron chi connectivity index (χ4n) is 4.19. The van der Waals surface area contributed by atoms with E-state index in [0.29, 0.717) is 28.2 Å². The molecule has 0 fully saturated rings. The summed E-state index contributed by atoms with van der Waals surface area (Å²) in [7, 11) is 0. The second-order valence-corrected chi connectivity index (χ2v) is 10.00. The van der Waals surface area contributed by atoms with Crippen LogP contribution in [-0.2, 0) is 0 Å². The van der Waals surface area contributed by atoms with Crippen LogP contribution in [0.25, 0.3) is 16.7 Å². The van der Waals surface area contributed by atoms with E-state index in [-0.39, 0.29) is 41.3 Å². The fraction of sp³-hybridized carbons (Fsp3) is 0.241. The maximum atomic E-state index is 15.2. The van der Waals surface area contributed by atoms with E-state index in [0.717, 1.165) is 10.7 Å². The summed E-state index contributed by atoms with van der Waals surface area (Å²) in [4.78, 5) is 17.5. The van der Waals surface area contributed by atoms with Crippen LogP contribution in [-0.4, -0.2) is 47.8 Å². The van der Waals surface area contributed by atoms with Crippen molar-refractivity contribution in [2.24, 2.45) is 0 Å². The number of aromatic amines is 1. The summed E-state index contributed by atoms with van der Waals surface area (Å²) in [6.45, 7) is 5.40. The van der Waals surface area contributed by atoms with Crippen LogP contribution in [0.5, 0.6) is 11.5 Å². The van der Waals surface area contributed by atoms with Gasteiger partial charge in [0.2, 0.25) is 0 Å². The van der Waals surface area contributed by atoms with Crippen molar-refractivity contribution >= 4 is 22.5 Å². The Morgan fingerprint density at radius 3 is 2.48 bits per heavy atom. The molecule has 5 rings (SSSR count). The minimum atomic E-state index is -1.51.